The third kappa shape index (κ3) is 6.39. The van der Waals surface area contributed by atoms with Gasteiger partial charge in [0.1, 0.15) is 0 Å². The fourth-order valence-corrected chi connectivity index (χ4v) is 2.60. The van der Waals surface area contributed by atoms with Crippen LogP contribution in [-0.4, -0.2) is 39.0 Å². The first kappa shape index (κ1) is 14.9. The Morgan fingerprint density at radius 1 is 1.35 bits per heavy atom. The normalized spacial score (nSPS) is 27.0. The Bertz CT molecular complexity index is 187. The van der Waals surface area contributed by atoms with Crippen LogP contribution in [0.3, 0.4) is 0 Å². The highest BCUT2D eigenvalue weighted by molar-refractivity contribution is 4.72. The van der Waals surface area contributed by atoms with Gasteiger partial charge in [-0.3, -0.25) is 0 Å². The van der Waals surface area contributed by atoms with E-state index in [1.165, 1.54) is 32.1 Å². The molecule has 1 saturated carbocycles. The molecule has 0 amide bonds. The highest BCUT2D eigenvalue weighted by Crippen LogP contribution is 2.28. The minimum Gasteiger partial charge on any atom is -0.383 e. The molecule has 0 spiro atoms. The summed E-state index contributed by atoms with van der Waals surface area (Å²) in [4.78, 5) is 0. The van der Waals surface area contributed by atoms with Crippen molar-refractivity contribution in [3.8, 4) is 0 Å². The summed E-state index contributed by atoms with van der Waals surface area (Å²) >= 11 is 0. The standard InChI is InChI=1S/C14H29NO2/c1-4-13-6-5-7-14(10-13)17-9-8-15-12(2)11-16-3/h12-15H,4-11H2,1-3H3. The van der Waals surface area contributed by atoms with Crippen molar-refractivity contribution in [1.82, 2.24) is 5.32 Å². The second kappa shape index (κ2) is 8.90. The van der Waals surface area contributed by atoms with Crippen molar-refractivity contribution in [2.45, 2.75) is 58.1 Å². The Morgan fingerprint density at radius 2 is 2.18 bits per heavy atom. The highest BCUT2D eigenvalue weighted by atomic mass is 16.5. The molecule has 0 bridgehead atoms. The lowest BCUT2D eigenvalue weighted by molar-refractivity contribution is 0.0128. The summed E-state index contributed by atoms with van der Waals surface area (Å²) < 4.78 is 11.0. The smallest absolute Gasteiger partial charge is 0.0613 e. The van der Waals surface area contributed by atoms with Crippen LogP contribution in [0.5, 0.6) is 0 Å². The van der Waals surface area contributed by atoms with Gasteiger partial charge in [-0.15, -0.1) is 0 Å². The van der Waals surface area contributed by atoms with Crippen LogP contribution in [0.15, 0.2) is 0 Å². The van der Waals surface area contributed by atoms with Gasteiger partial charge in [-0.25, -0.2) is 0 Å². The second-order valence-electron chi connectivity index (χ2n) is 5.24. The molecule has 0 saturated heterocycles. The zero-order valence-corrected chi connectivity index (χ0v) is 11.7. The van der Waals surface area contributed by atoms with Crippen molar-refractivity contribution < 1.29 is 9.47 Å². The molecule has 1 aliphatic rings. The van der Waals surface area contributed by atoms with Gasteiger partial charge >= 0.3 is 0 Å². The van der Waals surface area contributed by atoms with Crippen molar-refractivity contribution in [3.63, 3.8) is 0 Å². The van der Waals surface area contributed by atoms with Crippen molar-refractivity contribution >= 4 is 0 Å². The number of rotatable bonds is 8. The molecular formula is C14H29NO2. The molecule has 1 N–H and O–H groups in total. The Kier molecular flexibility index (Phi) is 7.82. The van der Waals surface area contributed by atoms with Crippen LogP contribution in [0.4, 0.5) is 0 Å². The molecule has 102 valence electrons. The first-order valence-electron chi connectivity index (χ1n) is 7.10. The van der Waals surface area contributed by atoms with E-state index in [1.807, 2.05) is 0 Å². The molecule has 3 unspecified atom stereocenters. The molecule has 0 aromatic heterocycles. The maximum absolute atomic E-state index is 5.94. The molecule has 3 nitrogen and oxygen atoms in total. The predicted molar refractivity (Wildman–Crippen MR) is 71.3 cm³/mol. The number of methoxy groups -OCH3 is 1. The number of hydrogen-bond acceptors (Lipinski definition) is 3. The molecule has 0 aromatic rings. The van der Waals surface area contributed by atoms with E-state index in [0.29, 0.717) is 12.1 Å². The number of nitrogens with one attached hydrogen (secondary N) is 1. The van der Waals surface area contributed by atoms with Gasteiger partial charge in [-0.1, -0.05) is 26.2 Å². The maximum Gasteiger partial charge on any atom is 0.0613 e. The molecule has 1 fully saturated rings. The van der Waals surface area contributed by atoms with Crippen molar-refractivity contribution in [2.24, 2.45) is 5.92 Å². The van der Waals surface area contributed by atoms with Gasteiger partial charge in [-0.05, 0) is 25.7 Å². The van der Waals surface area contributed by atoms with Crippen molar-refractivity contribution in [2.75, 3.05) is 26.9 Å². The highest BCUT2D eigenvalue weighted by Gasteiger charge is 2.20. The van der Waals surface area contributed by atoms with Gasteiger partial charge in [0.25, 0.3) is 0 Å². The average Bonchev–Trinajstić information content (AvgIpc) is 2.35. The molecule has 3 heteroatoms. The van der Waals surface area contributed by atoms with Crippen molar-refractivity contribution in [3.05, 3.63) is 0 Å². The van der Waals surface area contributed by atoms with E-state index in [1.54, 1.807) is 7.11 Å². The zero-order valence-electron chi connectivity index (χ0n) is 11.7. The Morgan fingerprint density at radius 3 is 2.88 bits per heavy atom. The van der Waals surface area contributed by atoms with E-state index >= 15 is 0 Å². The summed E-state index contributed by atoms with van der Waals surface area (Å²) in [6.45, 7) is 6.95. The number of hydrogen-bond donors (Lipinski definition) is 1. The van der Waals surface area contributed by atoms with Crippen LogP contribution in [0, 0.1) is 5.92 Å². The third-order valence-corrected chi connectivity index (χ3v) is 3.68. The second-order valence-corrected chi connectivity index (χ2v) is 5.24. The molecule has 0 aliphatic heterocycles. The SMILES string of the molecule is CCC1CCCC(OCCNC(C)COC)C1. The lowest BCUT2D eigenvalue weighted by atomic mass is 9.85. The third-order valence-electron chi connectivity index (χ3n) is 3.68. The van der Waals surface area contributed by atoms with E-state index in [2.05, 4.69) is 19.2 Å². The fraction of sp³-hybridized carbons (Fsp3) is 1.00. The largest absolute Gasteiger partial charge is 0.383 e. The predicted octanol–water partition coefficient (Wildman–Crippen LogP) is 2.60. The summed E-state index contributed by atoms with van der Waals surface area (Å²) in [7, 11) is 1.74. The first-order chi connectivity index (χ1) is 8.26. The monoisotopic (exact) mass is 243 g/mol. The van der Waals surface area contributed by atoms with E-state index in [-0.39, 0.29) is 0 Å². The van der Waals surface area contributed by atoms with Crippen molar-refractivity contribution in [1.29, 1.82) is 0 Å². The van der Waals surface area contributed by atoms with E-state index < -0.39 is 0 Å². The lowest BCUT2D eigenvalue weighted by Crippen LogP contribution is -2.34. The van der Waals surface area contributed by atoms with Crippen LogP contribution in [0.25, 0.3) is 0 Å². The summed E-state index contributed by atoms with van der Waals surface area (Å²) in [5, 5.41) is 3.40. The average molecular weight is 243 g/mol. The first-order valence-corrected chi connectivity index (χ1v) is 7.10. The summed E-state index contributed by atoms with van der Waals surface area (Å²) in [6, 6.07) is 0.415. The molecule has 0 radical (unpaired) electrons. The topological polar surface area (TPSA) is 30.5 Å². The number of ether oxygens (including phenoxy) is 2. The van der Waals surface area contributed by atoms with Gasteiger partial charge in [0.15, 0.2) is 0 Å². The van der Waals surface area contributed by atoms with Gasteiger partial charge in [0.05, 0.1) is 19.3 Å². The molecular weight excluding hydrogens is 214 g/mol. The summed E-state index contributed by atoms with van der Waals surface area (Å²) in [5.74, 6) is 0.897. The quantitative estimate of drug-likeness (QED) is 0.665. The van der Waals surface area contributed by atoms with Gasteiger partial charge in [-0.2, -0.15) is 0 Å². The van der Waals surface area contributed by atoms with Crippen LogP contribution in [0.2, 0.25) is 0 Å². The lowest BCUT2D eigenvalue weighted by Gasteiger charge is -2.28. The maximum atomic E-state index is 5.94. The summed E-state index contributed by atoms with van der Waals surface area (Å²) in [5.41, 5.74) is 0. The van der Waals surface area contributed by atoms with Gasteiger partial charge in [0.2, 0.25) is 0 Å². The molecule has 1 rings (SSSR count). The molecule has 0 aromatic carbocycles. The fourth-order valence-electron chi connectivity index (χ4n) is 2.60. The van der Waals surface area contributed by atoms with Crippen LogP contribution < -0.4 is 5.32 Å². The molecule has 0 heterocycles. The van der Waals surface area contributed by atoms with Gasteiger partial charge in [0, 0.05) is 19.7 Å². The molecule has 1 aliphatic carbocycles. The van der Waals surface area contributed by atoms with E-state index in [0.717, 1.165) is 25.7 Å². The molecule has 17 heavy (non-hydrogen) atoms. The van der Waals surface area contributed by atoms with Gasteiger partial charge < -0.3 is 14.8 Å². The Labute approximate surface area is 106 Å². The van der Waals surface area contributed by atoms with E-state index in [9.17, 15) is 0 Å². The summed E-state index contributed by atoms with van der Waals surface area (Å²) in [6.07, 6.45) is 7.08. The molecule has 3 atom stereocenters. The van der Waals surface area contributed by atoms with E-state index in [4.69, 9.17) is 9.47 Å². The van der Waals surface area contributed by atoms with Crippen LogP contribution in [-0.2, 0) is 9.47 Å². The Balaban J connectivity index is 2.02. The minimum atomic E-state index is 0.415. The van der Waals surface area contributed by atoms with Crippen LogP contribution >= 0.6 is 0 Å². The zero-order chi connectivity index (χ0) is 12.5. The minimum absolute atomic E-state index is 0.415. The Hall–Kier alpha value is -0.120. The van der Waals surface area contributed by atoms with Crippen LogP contribution in [0.1, 0.15) is 46.0 Å².